The Bertz CT molecular complexity index is 639. The fraction of sp³-hybridized carbons (Fsp3) is 0.583. The summed E-state index contributed by atoms with van der Waals surface area (Å²) < 4.78 is 23.4. The first kappa shape index (κ1) is 15.6. The molecule has 0 spiro atoms. The molecule has 0 bridgehead atoms. The molecular weight excluding hydrogens is 296 g/mol. The highest BCUT2D eigenvalue weighted by molar-refractivity contribution is 7.90. The normalized spacial score (nSPS) is 22.8. The second-order valence-electron chi connectivity index (χ2n) is 5.20. The molecule has 0 saturated heterocycles. The number of nitrogens with two attached hydrogens (primary N) is 1. The largest absolute Gasteiger partial charge is 0.393 e. The van der Waals surface area contributed by atoms with Crippen molar-refractivity contribution in [3.63, 3.8) is 0 Å². The minimum absolute atomic E-state index is 0.0697. The topological polar surface area (TPSA) is 135 Å². The zero-order valence-corrected chi connectivity index (χ0v) is 12.4. The van der Waals surface area contributed by atoms with Gasteiger partial charge in [-0.05, 0) is 25.7 Å². The molecule has 1 aromatic heterocycles. The molecule has 4 N–H and O–H groups in total. The lowest BCUT2D eigenvalue weighted by molar-refractivity contribution is 0.0996. The fourth-order valence-electron chi connectivity index (χ4n) is 2.29. The Kier molecular flexibility index (Phi) is 4.43. The van der Waals surface area contributed by atoms with Crippen molar-refractivity contribution in [1.82, 2.24) is 9.97 Å². The van der Waals surface area contributed by atoms with Gasteiger partial charge < -0.3 is 16.2 Å². The molecule has 0 aliphatic heterocycles. The Balaban J connectivity index is 2.24. The van der Waals surface area contributed by atoms with Gasteiger partial charge in [-0.1, -0.05) is 0 Å². The highest BCUT2D eigenvalue weighted by Crippen LogP contribution is 2.22. The van der Waals surface area contributed by atoms with Crippen LogP contribution in [0.5, 0.6) is 0 Å². The number of aromatic nitrogens is 2. The summed E-state index contributed by atoms with van der Waals surface area (Å²) in [6, 6.07) is 0.0697. The summed E-state index contributed by atoms with van der Waals surface area (Å²) in [6.07, 6.45) is 4.64. The molecule has 21 heavy (non-hydrogen) atoms. The van der Waals surface area contributed by atoms with Gasteiger partial charge in [0.05, 0.1) is 11.7 Å². The number of carbonyl (C=O) groups excluding carboxylic acids is 1. The molecule has 2 rings (SSSR count). The van der Waals surface area contributed by atoms with E-state index in [1.165, 1.54) is 0 Å². The molecular formula is C12H18N4O4S. The predicted octanol–water partition coefficient (Wildman–Crippen LogP) is -0.306. The molecule has 9 heteroatoms. The average Bonchev–Trinajstić information content (AvgIpc) is 2.40. The van der Waals surface area contributed by atoms with Gasteiger partial charge in [0.25, 0.3) is 5.91 Å². The van der Waals surface area contributed by atoms with Crippen LogP contribution in [0.15, 0.2) is 11.2 Å². The number of amides is 1. The lowest BCUT2D eigenvalue weighted by atomic mass is 9.93. The quantitative estimate of drug-likeness (QED) is 0.649. The van der Waals surface area contributed by atoms with Crippen LogP contribution in [0.25, 0.3) is 0 Å². The third-order valence-electron chi connectivity index (χ3n) is 3.40. The zero-order valence-electron chi connectivity index (χ0n) is 11.6. The Hall–Kier alpha value is -1.74. The Morgan fingerprint density at radius 3 is 2.52 bits per heavy atom. The van der Waals surface area contributed by atoms with Crippen molar-refractivity contribution in [1.29, 1.82) is 0 Å². The van der Waals surface area contributed by atoms with Crippen LogP contribution in [-0.2, 0) is 9.84 Å². The van der Waals surface area contributed by atoms with E-state index in [0.29, 0.717) is 12.8 Å². The maximum atomic E-state index is 11.7. The highest BCUT2D eigenvalue weighted by Gasteiger charge is 2.23. The van der Waals surface area contributed by atoms with E-state index >= 15 is 0 Å². The second kappa shape index (κ2) is 5.94. The maximum Gasteiger partial charge on any atom is 0.253 e. The van der Waals surface area contributed by atoms with Crippen molar-refractivity contribution in [2.45, 2.75) is 42.9 Å². The highest BCUT2D eigenvalue weighted by atomic mass is 32.2. The Morgan fingerprint density at radius 1 is 1.38 bits per heavy atom. The summed E-state index contributed by atoms with van der Waals surface area (Å²) in [4.78, 5) is 19.1. The molecule has 0 atom stereocenters. The maximum absolute atomic E-state index is 11.7. The molecule has 0 unspecified atom stereocenters. The first-order valence-electron chi connectivity index (χ1n) is 6.59. The number of anilines is 1. The first-order valence-corrected chi connectivity index (χ1v) is 8.48. The molecule has 116 valence electrons. The fourth-order valence-corrected chi connectivity index (χ4v) is 3.10. The third-order valence-corrected chi connectivity index (χ3v) is 4.41. The number of hydrogen-bond acceptors (Lipinski definition) is 7. The van der Waals surface area contributed by atoms with Crippen molar-refractivity contribution in [2.24, 2.45) is 5.73 Å². The Labute approximate surface area is 122 Å². The molecule has 1 aliphatic carbocycles. The van der Waals surface area contributed by atoms with Crippen molar-refractivity contribution in [3.05, 3.63) is 11.8 Å². The molecule has 1 fully saturated rings. The molecule has 0 radical (unpaired) electrons. The lowest BCUT2D eigenvalue weighted by Gasteiger charge is -2.26. The van der Waals surface area contributed by atoms with Crippen LogP contribution in [0.3, 0.4) is 0 Å². The molecule has 1 amide bonds. The van der Waals surface area contributed by atoms with Gasteiger partial charge in [-0.25, -0.2) is 18.4 Å². The van der Waals surface area contributed by atoms with Crippen LogP contribution in [0.1, 0.15) is 36.0 Å². The van der Waals surface area contributed by atoms with E-state index in [-0.39, 0.29) is 28.7 Å². The van der Waals surface area contributed by atoms with Gasteiger partial charge in [-0.15, -0.1) is 0 Å². The summed E-state index contributed by atoms with van der Waals surface area (Å²) in [5.74, 6) is -0.746. The van der Waals surface area contributed by atoms with Crippen molar-refractivity contribution < 1.29 is 18.3 Å². The van der Waals surface area contributed by atoms with Gasteiger partial charge in [0.1, 0.15) is 0 Å². The van der Waals surface area contributed by atoms with E-state index in [4.69, 9.17) is 5.73 Å². The standard InChI is InChI=1S/C12H18N4O4S/c1-21(19,20)11-9(10(13)18)6-14-12(16-11)15-7-2-4-8(17)5-3-7/h6-8,17H,2-5H2,1H3,(H2,13,18)(H,14,15,16)/t7-,8-. The monoisotopic (exact) mass is 314 g/mol. The zero-order chi connectivity index (χ0) is 15.6. The van der Waals surface area contributed by atoms with Crippen molar-refractivity contribution >= 4 is 21.7 Å². The van der Waals surface area contributed by atoms with E-state index in [1.54, 1.807) is 0 Å². The third kappa shape index (κ3) is 3.88. The smallest absolute Gasteiger partial charge is 0.253 e. The summed E-state index contributed by atoms with van der Waals surface area (Å²) in [5.41, 5.74) is 4.91. The number of primary amides is 1. The number of nitrogens with one attached hydrogen (secondary N) is 1. The van der Waals surface area contributed by atoms with E-state index in [0.717, 1.165) is 25.3 Å². The van der Waals surface area contributed by atoms with Gasteiger partial charge in [-0.2, -0.15) is 0 Å². The number of carbonyl (C=O) groups is 1. The van der Waals surface area contributed by atoms with E-state index in [1.807, 2.05) is 0 Å². The lowest BCUT2D eigenvalue weighted by Crippen LogP contribution is -2.29. The van der Waals surface area contributed by atoms with Crippen LogP contribution in [0, 0.1) is 0 Å². The van der Waals surface area contributed by atoms with E-state index < -0.39 is 15.7 Å². The minimum atomic E-state index is -3.68. The number of aliphatic hydroxyl groups excluding tert-OH is 1. The van der Waals surface area contributed by atoms with Gasteiger partial charge in [0, 0.05) is 18.5 Å². The first-order chi connectivity index (χ1) is 9.77. The SMILES string of the molecule is CS(=O)(=O)c1nc(N[C@H]2CC[C@H](O)CC2)ncc1C(N)=O. The van der Waals surface area contributed by atoms with Crippen LogP contribution in [-0.4, -0.2) is 47.8 Å². The molecule has 1 heterocycles. The van der Waals surface area contributed by atoms with Crippen molar-refractivity contribution in [2.75, 3.05) is 11.6 Å². The molecule has 0 aromatic carbocycles. The second-order valence-corrected chi connectivity index (χ2v) is 7.13. The molecule has 1 aromatic rings. The Morgan fingerprint density at radius 2 is 2.00 bits per heavy atom. The van der Waals surface area contributed by atoms with Gasteiger partial charge in [-0.3, -0.25) is 4.79 Å². The van der Waals surface area contributed by atoms with Crippen molar-refractivity contribution in [3.8, 4) is 0 Å². The summed E-state index contributed by atoms with van der Waals surface area (Å²) in [5, 5.41) is 12.1. The minimum Gasteiger partial charge on any atom is -0.393 e. The van der Waals surface area contributed by atoms with E-state index in [2.05, 4.69) is 15.3 Å². The summed E-state index contributed by atoms with van der Waals surface area (Å²) in [6.45, 7) is 0. The number of aliphatic hydroxyl groups is 1. The summed E-state index contributed by atoms with van der Waals surface area (Å²) >= 11 is 0. The van der Waals surface area contributed by atoms with Gasteiger partial charge >= 0.3 is 0 Å². The average molecular weight is 314 g/mol. The van der Waals surface area contributed by atoms with E-state index in [9.17, 15) is 18.3 Å². The van der Waals surface area contributed by atoms with Crippen LogP contribution in [0.4, 0.5) is 5.95 Å². The predicted molar refractivity (Wildman–Crippen MR) is 75.5 cm³/mol. The molecule has 1 saturated carbocycles. The molecule has 8 nitrogen and oxygen atoms in total. The van der Waals surface area contributed by atoms with Crippen LogP contribution < -0.4 is 11.1 Å². The summed E-state index contributed by atoms with van der Waals surface area (Å²) in [7, 11) is -3.68. The number of nitrogens with zero attached hydrogens (tertiary/aromatic N) is 2. The van der Waals surface area contributed by atoms with Crippen LogP contribution >= 0.6 is 0 Å². The molecule has 1 aliphatic rings. The number of rotatable bonds is 4. The van der Waals surface area contributed by atoms with Gasteiger partial charge in [0.2, 0.25) is 5.95 Å². The van der Waals surface area contributed by atoms with Crippen LogP contribution in [0.2, 0.25) is 0 Å². The number of hydrogen-bond donors (Lipinski definition) is 3. The number of sulfone groups is 1. The van der Waals surface area contributed by atoms with Gasteiger partial charge in [0.15, 0.2) is 14.9 Å².